The smallest absolute Gasteiger partial charge is 1.00 e. The molecule has 0 aromatic carbocycles. The Bertz CT molecular complexity index is 14.9. The van der Waals surface area contributed by atoms with Crippen LogP contribution in [-0.4, -0.2) is 37.7 Å². The second-order valence-corrected chi connectivity index (χ2v) is 0. The molecule has 0 nitrogen and oxygen atoms in total. The van der Waals surface area contributed by atoms with Crippen molar-refractivity contribution in [3.63, 3.8) is 0 Å². The van der Waals surface area contributed by atoms with Crippen LogP contribution in [0.5, 0.6) is 0 Å². The Balaban J connectivity index is 0. The van der Waals surface area contributed by atoms with Crippen LogP contribution in [0.25, 0.3) is 0 Å². The fourth-order valence-electron chi connectivity index (χ4n) is 0. The monoisotopic (exact) mass is 180 g/mol. The third kappa shape index (κ3) is 9.03. The van der Waals surface area contributed by atoms with Gasteiger partial charge in [-0.2, -0.15) is 0 Å². The molecule has 0 aliphatic heterocycles. The van der Waals surface area contributed by atoms with Gasteiger partial charge in [0.25, 0.3) is 0 Å². The topological polar surface area (TPSA) is 0 Å². The van der Waals surface area contributed by atoms with Gasteiger partial charge < -0.3 is 4.28 Å². The molecule has 0 aromatic rings. The second kappa shape index (κ2) is 16.2. The summed E-state index contributed by atoms with van der Waals surface area (Å²) < 4.78 is 0. The Morgan fingerprint density at radius 1 is 1.25 bits per heavy atom. The van der Waals surface area contributed by atoms with E-state index >= 15 is 0 Å². The van der Waals surface area contributed by atoms with E-state index in [1.165, 1.54) is 0 Å². The van der Waals surface area contributed by atoms with E-state index in [2.05, 4.69) is 0 Å². The molecule has 0 fully saturated rings. The Labute approximate surface area is 105 Å². The Morgan fingerprint density at radius 2 is 1.25 bits per heavy atom. The van der Waals surface area contributed by atoms with Crippen molar-refractivity contribution in [1.82, 2.24) is 0 Å². The quantitative estimate of drug-likeness (QED) is 0.348. The second-order valence-electron chi connectivity index (χ2n) is 0. The molecule has 0 aromatic heterocycles. The molecule has 0 bridgehead atoms. The normalized spacial score (nSPS) is 0. The molecule has 0 saturated carbocycles. The van der Waals surface area contributed by atoms with Crippen LogP contribution >= 0.6 is 0 Å². The maximum absolute atomic E-state index is 0. The van der Waals surface area contributed by atoms with Crippen molar-refractivity contribution < 1.29 is 69.5 Å². The minimum Gasteiger partial charge on any atom is -1.00 e. The Morgan fingerprint density at radius 3 is 1.25 bits per heavy atom. The summed E-state index contributed by atoms with van der Waals surface area (Å²) in [4.78, 5) is 0. The fraction of sp³-hybridized carbons (Fsp3) is 0. The SMILES string of the molecule is [Ca+2].[Cu].[H-].[H-].[H-].[Na+].[V]. The average Bonchev–Trinajstić information content (AvgIpc) is 0. The van der Waals surface area contributed by atoms with Crippen LogP contribution in [0.15, 0.2) is 0 Å². The molecule has 2 radical (unpaired) electrons. The minimum atomic E-state index is 0. The van der Waals surface area contributed by atoms with Crippen molar-refractivity contribution in [3.8, 4) is 0 Å². The van der Waals surface area contributed by atoms with E-state index in [1.807, 2.05) is 0 Å². The molecule has 0 unspecified atom stereocenters. The summed E-state index contributed by atoms with van der Waals surface area (Å²) in [6.45, 7) is 0. The molecule has 0 spiro atoms. The number of rotatable bonds is 0. The van der Waals surface area contributed by atoms with Gasteiger partial charge in [0.05, 0.1) is 0 Å². The summed E-state index contributed by atoms with van der Waals surface area (Å²) >= 11 is 0. The van der Waals surface area contributed by atoms with Crippen molar-refractivity contribution >= 4 is 37.7 Å². The van der Waals surface area contributed by atoms with Gasteiger partial charge in [0, 0.05) is 35.6 Å². The van der Waals surface area contributed by atoms with Gasteiger partial charge in [0.15, 0.2) is 0 Å². The van der Waals surface area contributed by atoms with Gasteiger partial charge >= 0.3 is 67.3 Å². The Kier molecular flexibility index (Phi) is 107. The van der Waals surface area contributed by atoms with E-state index in [0.29, 0.717) is 0 Å². The largest absolute Gasteiger partial charge is 2.00 e. The molecule has 4 heavy (non-hydrogen) atoms. The van der Waals surface area contributed by atoms with Gasteiger partial charge in [-0.15, -0.1) is 0 Å². The molecular formula is H3CaCuNaV. The molecule has 0 aliphatic carbocycles. The third-order valence-corrected chi connectivity index (χ3v) is 0. The zero-order valence-corrected chi connectivity index (χ0v) is 9.00. The van der Waals surface area contributed by atoms with E-state index in [9.17, 15) is 0 Å². The molecule has 4 heteroatoms. The van der Waals surface area contributed by atoms with Crippen LogP contribution in [0.3, 0.4) is 0 Å². The predicted molar refractivity (Wildman–Crippen MR) is 9.09 cm³/mol. The fourth-order valence-corrected chi connectivity index (χ4v) is 0. The molecule has 0 N–H and O–H groups in total. The number of hydrogen-bond acceptors (Lipinski definition) is 0. The van der Waals surface area contributed by atoms with Gasteiger partial charge in [0.1, 0.15) is 0 Å². The van der Waals surface area contributed by atoms with Crippen LogP contribution < -0.4 is 29.6 Å². The minimum absolute atomic E-state index is 0. The summed E-state index contributed by atoms with van der Waals surface area (Å²) in [5.41, 5.74) is 0. The number of hydrogen-bond donors (Lipinski definition) is 0. The van der Waals surface area contributed by atoms with Crippen molar-refractivity contribution in [2.45, 2.75) is 0 Å². The molecule has 0 heterocycles. The molecule has 22 valence electrons. The molecule has 0 aliphatic rings. The van der Waals surface area contributed by atoms with E-state index in [-0.39, 0.29) is 107 Å². The van der Waals surface area contributed by atoms with Crippen molar-refractivity contribution in [2.24, 2.45) is 0 Å². The van der Waals surface area contributed by atoms with Crippen LogP contribution in [-0.2, 0) is 35.6 Å². The van der Waals surface area contributed by atoms with Crippen molar-refractivity contribution in [2.75, 3.05) is 0 Å². The zero-order valence-electron chi connectivity index (χ0n) is 5.46. The standard InChI is InChI=1S/Ca.Cu.Na.V.3H/q+2;;+1;;3*-1. The van der Waals surface area contributed by atoms with Gasteiger partial charge in [-0.1, -0.05) is 0 Å². The zero-order chi connectivity index (χ0) is 0. The maximum Gasteiger partial charge on any atom is 2.00 e. The van der Waals surface area contributed by atoms with E-state index in [1.54, 1.807) is 0 Å². The van der Waals surface area contributed by atoms with Crippen molar-refractivity contribution in [3.05, 3.63) is 0 Å². The molecule has 0 rings (SSSR count). The van der Waals surface area contributed by atoms with Gasteiger partial charge in [-0.3, -0.25) is 0 Å². The first-order chi connectivity index (χ1) is 0. The third-order valence-electron chi connectivity index (χ3n) is 0. The molecule has 0 saturated heterocycles. The van der Waals surface area contributed by atoms with Gasteiger partial charge in [-0.05, 0) is 0 Å². The average molecular weight is 181 g/mol. The molecular weight excluding hydrogens is 178 g/mol. The Hall–Kier alpha value is 3.36. The molecule has 0 atom stereocenters. The van der Waals surface area contributed by atoms with E-state index in [0.717, 1.165) is 0 Å². The van der Waals surface area contributed by atoms with E-state index < -0.39 is 0 Å². The summed E-state index contributed by atoms with van der Waals surface area (Å²) in [7, 11) is 0. The predicted octanol–water partition coefficient (Wildman–Crippen LogP) is -3.04. The van der Waals surface area contributed by atoms with Crippen LogP contribution in [0.4, 0.5) is 0 Å². The first kappa shape index (κ1) is 26.4. The van der Waals surface area contributed by atoms with Gasteiger partial charge in [0.2, 0.25) is 0 Å². The van der Waals surface area contributed by atoms with Gasteiger partial charge in [-0.25, -0.2) is 0 Å². The summed E-state index contributed by atoms with van der Waals surface area (Å²) in [6, 6.07) is 0. The van der Waals surface area contributed by atoms with Crippen LogP contribution in [0.1, 0.15) is 4.28 Å². The van der Waals surface area contributed by atoms with E-state index in [4.69, 9.17) is 0 Å². The first-order valence-electron chi connectivity index (χ1n) is 0. The van der Waals surface area contributed by atoms with Crippen molar-refractivity contribution in [1.29, 1.82) is 0 Å². The summed E-state index contributed by atoms with van der Waals surface area (Å²) in [5, 5.41) is 0. The van der Waals surface area contributed by atoms with Crippen LogP contribution in [0.2, 0.25) is 0 Å². The summed E-state index contributed by atoms with van der Waals surface area (Å²) in [5.74, 6) is 0. The first-order valence-corrected chi connectivity index (χ1v) is 0. The summed E-state index contributed by atoms with van der Waals surface area (Å²) in [6.07, 6.45) is 0. The molecule has 0 amide bonds. The maximum atomic E-state index is 0. The van der Waals surface area contributed by atoms with Crippen LogP contribution in [0, 0.1) is 0 Å².